The van der Waals surface area contributed by atoms with E-state index < -0.39 is 0 Å². The lowest BCUT2D eigenvalue weighted by Crippen LogP contribution is -2.03. The summed E-state index contributed by atoms with van der Waals surface area (Å²) in [6.07, 6.45) is 1.35. The predicted molar refractivity (Wildman–Crippen MR) is 97.1 cm³/mol. The Morgan fingerprint density at radius 1 is 0.792 bits per heavy atom. The Kier molecular flexibility index (Phi) is 8.48. The molecule has 0 bridgehead atoms. The summed E-state index contributed by atoms with van der Waals surface area (Å²) in [5, 5.41) is 0. The Balaban J connectivity index is 0.000000243. The van der Waals surface area contributed by atoms with Crippen LogP contribution in [0.4, 0.5) is 0 Å². The minimum absolute atomic E-state index is 0.216. The van der Waals surface area contributed by atoms with Crippen molar-refractivity contribution in [1.82, 2.24) is 0 Å². The van der Waals surface area contributed by atoms with Crippen molar-refractivity contribution in [2.75, 3.05) is 6.61 Å². The molecule has 0 atom stereocenters. The largest absolute Gasteiger partial charge is 0.466 e. The van der Waals surface area contributed by atoms with Crippen LogP contribution >= 0.6 is 0 Å². The highest BCUT2D eigenvalue weighted by molar-refractivity contribution is 5.78. The molecule has 0 aromatic heterocycles. The maximum absolute atomic E-state index is 10.7. The Morgan fingerprint density at radius 3 is 1.67 bits per heavy atom. The van der Waals surface area contributed by atoms with Gasteiger partial charge in [-0.2, -0.15) is 0 Å². The average molecular weight is 326 g/mol. The van der Waals surface area contributed by atoms with Crippen LogP contribution < -0.4 is 0 Å². The molecule has 0 radical (unpaired) electrons. The molecule has 0 saturated heterocycles. The number of hydrogen-bond acceptors (Lipinski definition) is 3. The molecule has 0 aliphatic heterocycles. The Morgan fingerprint density at radius 2 is 1.25 bits per heavy atom. The van der Waals surface area contributed by atoms with E-state index in [4.69, 9.17) is 4.74 Å². The van der Waals surface area contributed by atoms with Gasteiger partial charge in [0, 0.05) is 19.8 Å². The van der Waals surface area contributed by atoms with Crippen molar-refractivity contribution in [2.45, 2.75) is 40.5 Å². The number of carbonyl (C=O) groups excluding carboxylic acids is 2. The fraction of sp³-hybridized carbons (Fsp3) is 0.333. The molecular formula is C21H26O3. The van der Waals surface area contributed by atoms with Crippen molar-refractivity contribution in [3.8, 4) is 0 Å². The minimum atomic E-state index is -0.216. The van der Waals surface area contributed by atoms with Crippen LogP contribution in [0.3, 0.4) is 0 Å². The van der Waals surface area contributed by atoms with Crippen LogP contribution in [0.1, 0.15) is 36.1 Å². The molecule has 3 heteroatoms. The molecular weight excluding hydrogens is 300 g/mol. The van der Waals surface area contributed by atoms with Crippen LogP contribution in [0.5, 0.6) is 0 Å². The molecule has 2 rings (SSSR count). The van der Waals surface area contributed by atoms with Crippen LogP contribution in [0.15, 0.2) is 48.5 Å². The highest BCUT2D eigenvalue weighted by Crippen LogP contribution is 2.04. The molecule has 0 aliphatic carbocycles. The number of carbonyl (C=O) groups is 2. The zero-order valence-electron chi connectivity index (χ0n) is 15.0. The molecule has 0 heterocycles. The summed E-state index contributed by atoms with van der Waals surface area (Å²) in [6.45, 7) is 7.60. The van der Waals surface area contributed by atoms with E-state index in [0.717, 1.165) is 12.0 Å². The first kappa shape index (κ1) is 19.6. The van der Waals surface area contributed by atoms with Gasteiger partial charge in [-0.15, -0.1) is 0 Å². The lowest BCUT2D eigenvalue weighted by Gasteiger charge is -2.02. The number of rotatable bonds is 5. The zero-order valence-corrected chi connectivity index (χ0v) is 15.0. The summed E-state index contributed by atoms with van der Waals surface area (Å²) in [4.78, 5) is 21.2. The quantitative estimate of drug-likeness (QED) is 0.772. The summed E-state index contributed by atoms with van der Waals surface area (Å²) in [5.41, 5.74) is 4.78. The summed E-state index contributed by atoms with van der Waals surface area (Å²) in [5.74, 6) is 0.000893. The van der Waals surface area contributed by atoms with Gasteiger partial charge in [0.15, 0.2) is 0 Å². The Bertz CT molecular complexity index is 640. The monoisotopic (exact) mass is 326 g/mol. The second-order valence-corrected chi connectivity index (χ2v) is 5.94. The van der Waals surface area contributed by atoms with Crippen LogP contribution in [0.25, 0.3) is 0 Å². The molecule has 24 heavy (non-hydrogen) atoms. The highest BCUT2D eigenvalue weighted by Gasteiger charge is 1.96. The maximum atomic E-state index is 10.7. The standard InChI is InChI=1S/C11H14O2.C10H12O/c1-9-3-5-11(6-4-9)7-8-13-10(2)12;1-8-3-5-10(6-4-8)7-9(2)11/h3-6H,7-8H2,1-2H3;3-6H,7H2,1-2H3. The third-order valence-corrected chi connectivity index (χ3v) is 3.39. The van der Waals surface area contributed by atoms with E-state index in [1.54, 1.807) is 6.92 Å². The van der Waals surface area contributed by atoms with Gasteiger partial charge in [0.25, 0.3) is 0 Å². The van der Waals surface area contributed by atoms with Crippen molar-refractivity contribution < 1.29 is 14.3 Å². The van der Waals surface area contributed by atoms with E-state index in [0.29, 0.717) is 13.0 Å². The van der Waals surface area contributed by atoms with E-state index in [1.165, 1.54) is 23.6 Å². The molecule has 2 aromatic carbocycles. The van der Waals surface area contributed by atoms with Gasteiger partial charge in [-0.1, -0.05) is 59.7 Å². The van der Waals surface area contributed by atoms with Crippen molar-refractivity contribution in [3.63, 3.8) is 0 Å². The molecule has 0 saturated carbocycles. The van der Waals surface area contributed by atoms with Gasteiger partial charge < -0.3 is 4.74 Å². The first-order valence-corrected chi connectivity index (χ1v) is 8.10. The predicted octanol–water partition coefficient (Wildman–Crippen LogP) is 4.23. The third-order valence-electron chi connectivity index (χ3n) is 3.39. The molecule has 0 aliphatic rings. The molecule has 0 N–H and O–H groups in total. The van der Waals surface area contributed by atoms with E-state index in [-0.39, 0.29) is 11.8 Å². The molecule has 0 spiro atoms. The van der Waals surface area contributed by atoms with Gasteiger partial charge in [-0.05, 0) is 31.9 Å². The molecule has 2 aromatic rings. The van der Waals surface area contributed by atoms with Crippen molar-refractivity contribution in [1.29, 1.82) is 0 Å². The number of esters is 1. The van der Waals surface area contributed by atoms with Crippen molar-refractivity contribution in [2.24, 2.45) is 0 Å². The van der Waals surface area contributed by atoms with E-state index >= 15 is 0 Å². The number of benzene rings is 2. The lowest BCUT2D eigenvalue weighted by molar-refractivity contribution is -0.140. The number of ketones is 1. The van der Waals surface area contributed by atoms with Crippen LogP contribution in [0, 0.1) is 13.8 Å². The number of ether oxygens (including phenoxy) is 1. The molecule has 3 nitrogen and oxygen atoms in total. The van der Waals surface area contributed by atoms with Crippen LogP contribution in [0.2, 0.25) is 0 Å². The SMILES string of the molecule is CC(=O)Cc1ccc(C)cc1.CC(=O)OCCc1ccc(C)cc1. The van der Waals surface area contributed by atoms with Gasteiger partial charge in [0.2, 0.25) is 0 Å². The number of aryl methyl sites for hydroxylation is 2. The topological polar surface area (TPSA) is 43.4 Å². The molecule has 0 fully saturated rings. The van der Waals surface area contributed by atoms with Gasteiger partial charge in [-0.3, -0.25) is 9.59 Å². The van der Waals surface area contributed by atoms with Crippen LogP contribution in [-0.2, 0) is 27.2 Å². The zero-order chi connectivity index (χ0) is 17.9. The van der Waals surface area contributed by atoms with Gasteiger partial charge in [0.1, 0.15) is 5.78 Å². The first-order chi connectivity index (χ1) is 11.4. The average Bonchev–Trinajstić information content (AvgIpc) is 2.51. The van der Waals surface area contributed by atoms with Crippen molar-refractivity contribution in [3.05, 3.63) is 70.8 Å². The smallest absolute Gasteiger partial charge is 0.302 e. The molecule has 0 unspecified atom stereocenters. The highest BCUT2D eigenvalue weighted by atomic mass is 16.5. The first-order valence-electron chi connectivity index (χ1n) is 8.10. The van der Waals surface area contributed by atoms with E-state index in [9.17, 15) is 9.59 Å². The fourth-order valence-corrected chi connectivity index (χ4v) is 2.06. The number of hydrogen-bond donors (Lipinski definition) is 0. The maximum Gasteiger partial charge on any atom is 0.302 e. The Labute approximate surface area is 144 Å². The summed E-state index contributed by atoms with van der Waals surface area (Å²) in [6, 6.07) is 16.3. The van der Waals surface area contributed by atoms with Gasteiger partial charge in [0.05, 0.1) is 6.61 Å². The number of Topliss-reactive ketones (excluding diaryl/α,β-unsaturated/α-hetero) is 1. The summed E-state index contributed by atoms with van der Waals surface area (Å²) >= 11 is 0. The fourth-order valence-electron chi connectivity index (χ4n) is 2.06. The van der Waals surface area contributed by atoms with Crippen molar-refractivity contribution >= 4 is 11.8 Å². The second kappa shape index (κ2) is 10.4. The minimum Gasteiger partial charge on any atom is -0.466 e. The lowest BCUT2D eigenvalue weighted by atomic mass is 10.1. The molecule has 128 valence electrons. The second-order valence-electron chi connectivity index (χ2n) is 5.94. The summed E-state index contributed by atoms with van der Waals surface area (Å²) < 4.78 is 4.84. The normalized spacial score (nSPS) is 9.67. The van der Waals surface area contributed by atoms with Gasteiger partial charge >= 0.3 is 5.97 Å². The van der Waals surface area contributed by atoms with E-state index in [1.807, 2.05) is 31.2 Å². The van der Waals surface area contributed by atoms with Gasteiger partial charge in [-0.25, -0.2) is 0 Å². The molecule has 0 amide bonds. The van der Waals surface area contributed by atoms with E-state index in [2.05, 4.69) is 31.2 Å². The Hall–Kier alpha value is -2.42. The third kappa shape index (κ3) is 8.89. The summed E-state index contributed by atoms with van der Waals surface area (Å²) in [7, 11) is 0. The van der Waals surface area contributed by atoms with Crippen LogP contribution in [-0.4, -0.2) is 18.4 Å².